The van der Waals surface area contributed by atoms with Crippen molar-refractivity contribution in [3.05, 3.63) is 57.0 Å². The molecule has 1 N–H and O–H groups in total. The Morgan fingerprint density at radius 3 is 2.83 bits per heavy atom. The molecule has 0 atom stereocenters. The highest BCUT2D eigenvalue weighted by molar-refractivity contribution is 5.36. The Morgan fingerprint density at radius 2 is 2.11 bits per heavy atom. The lowest BCUT2D eigenvalue weighted by Gasteiger charge is -2.07. The second-order valence-electron chi connectivity index (χ2n) is 3.93. The number of nitrogens with zero attached hydrogens (tertiary/aromatic N) is 3. The molecule has 0 radical (unpaired) electrons. The highest BCUT2D eigenvalue weighted by Gasteiger charge is 2.04. The summed E-state index contributed by atoms with van der Waals surface area (Å²) >= 11 is 0. The third-order valence-corrected chi connectivity index (χ3v) is 2.66. The molecule has 0 aliphatic rings. The van der Waals surface area contributed by atoms with Gasteiger partial charge in [-0.3, -0.25) is 9.36 Å². The Labute approximate surface area is 104 Å². The molecule has 2 rings (SSSR count). The van der Waals surface area contributed by atoms with Crippen LogP contribution >= 0.6 is 0 Å². The molecule has 0 aliphatic carbocycles. The number of anilines is 1. The summed E-state index contributed by atoms with van der Waals surface area (Å²) in [5.74, 6) is 0.702. The van der Waals surface area contributed by atoms with Gasteiger partial charge in [0.05, 0.1) is 6.54 Å². The van der Waals surface area contributed by atoms with Crippen LogP contribution in [0.1, 0.15) is 5.56 Å². The first kappa shape index (κ1) is 12.1. The fourth-order valence-electron chi connectivity index (χ4n) is 1.65. The Balaban J connectivity index is 2.43. The Morgan fingerprint density at radius 1 is 1.33 bits per heavy atom. The highest BCUT2D eigenvalue weighted by atomic mass is 16.2. The molecule has 0 aliphatic heterocycles. The molecule has 0 spiro atoms. The maximum absolute atomic E-state index is 11.8. The zero-order valence-corrected chi connectivity index (χ0v) is 10.3. The van der Waals surface area contributed by atoms with Gasteiger partial charge in [0.1, 0.15) is 5.82 Å². The normalized spacial score (nSPS) is 10.3. The topological polar surface area (TPSA) is 68.9 Å². The van der Waals surface area contributed by atoms with Gasteiger partial charge in [-0.05, 0) is 17.7 Å². The van der Waals surface area contributed by atoms with Crippen molar-refractivity contribution in [3.63, 3.8) is 0 Å². The standard InChI is InChI=1S/C12H14N4O2/c1-13-10-7-9(3-5-14-10)8-16-11(17)4-6-15(2)12(16)18/h3-7H,8H2,1-2H3,(H,13,14). The van der Waals surface area contributed by atoms with Crippen molar-refractivity contribution in [3.8, 4) is 0 Å². The molecule has 0 amide bonds. The first-order chi connectivity index (χ1) is 8.61. The van der Waals surface area contributed by atoms with Crippen LogP contribution in [0.5, 0.6) is 0 Å². The van der Waals surface area contributed by atoms with Gasteiger partial charge in [-0.25, -0.2) is 9.78 Å². The summed E-state index contributed by atoms with van der Waals surface area (Å²) in [6.45, 7) is 0.240. The van der Waals surface area contributed by atoms with Gasteiger partial charge in [0.2, 0.25) is 0 Å². The zero-order chi connectivity index (χ0) is 13.1. The molecule has 0 saturated heterocycles. The van der Waals surface area contributed by atoms with Gasteiger partial charge in [0.15, 0.2) is 0 Å². The van der Waals surface area contributed by atoms with Gasteiger partial charge < -0.3 is 9.88 Å². The smallest absolute Gasteiger partial charge is 0.331 e. The Bertz CT molecular complexity index is 672. The first-order valence-electron chi connectivity index (χ1n) is 5.51. The molecule has 0 unspecified atom stereocenters. The van der Waals surface area contributed by atoms with Crippen LogP contribution in [0.4, 0.5) is 5.82 Å². The number of rotatable bonds is 3. The number of hydrogen-bond acceptors (Lipinski definition) is 4. The summed E-state index contributed by atoms with van der Waals surface area (Å²) in [7, 11) is 3.38. The van der Waals surface area contributed by atoms with Gasteiger partial charge in [-0.2, -0.15) is 0 Å². The molecule has 2 aromatic heterocycles. The van der Waals surface area contributed by atoms with Crippen molar-refractivity contribution >= 4 is 5.82 Å². The van der Waals surface area contributed by atoms with E-state index in [0.717, 1.165) is 5.56 Å². The summed E-state index contributed by atoms with van der Waals surface area (Å²) in [4.78, 5) is 27.6. The largest absolute Gasteiger partial charge is 0.373 e. The fraction of sp³-hybridized carbons (Fsp3) is 0.250. The number of nitrogens with one attached hydrogen (secondary N) is 1. The number of aromatic nitrogens is 3. The lowest BCUT2D eigenvalue weighted by atomic mass is 10.2. The highest BCUT2D eigenvalue weighted by Crippen LogP contribution is 2.05. The fourth-order valence-corrected chi connectivity index (χ4v) is 1.65. The molecule has 94 valence electrons. The Kier molecular flexibility index (Phi) is 3.27. The third-order valence-electron chi connectivity index (χ3n) is 2.66. The zero-order valence-electron chi connectivity index (χ0n) is 10.3. The number of hydrogen-bond donors (Lipinski definition) is 1. The van der Waals surface area contributed by atoms with Crippen LogP contribution in [0.3, 0.4) is 0 Å². The van der Waals surface area contributed by atoms with Gasteiger partial charge in [-0.15, -0.1) is 0 Å². The van der Waals surface area contributed by atoms with Crippen molar-refractivity contribution in [2.75, 3.05) is 12.4 Å². The molecule has 2 aromatic rings. The molecule has 6 heteroatoms. The van der Waals surface area contributed by atoms with E-state index < -0.39 is 0 Å². The van der Waals surface area contributed by atoms with E-state index in [2.05, 4.69) is 10.3 Å². The summed E-state index contributed by atoms with van der Waals surface area (Å²) in [6, 6.07) is 4.96. The van der Waals surface area contributed by atoms with Gasteiger partial charge in [0, 0.05) is 32.6 Å². The average molecular weight is 246 g/mol. The second-order valence-corrected chi connectivity index (χ2v) is 3.93. The lowest BCUT2D eigenvalue weighted by Crippen LogP contribution is -2.38. The molecular formula is C12H14N4O2. The monoisotopic (exact) mass is 246 g/mol. The van der Waals surface area contributed by atoms with E-state index in [9.17, 15) is 9.59 Å². The second kappa shape index (κ2) is 4.87. The molecule has 0 fully saturated rings. The van der Waals surface area contributed by atoms with Crippen molar-refractivity contribution in [2.45, 2.75) is 6.54 Å². The van der Waals surface area contributed by atoms with Gasteiger partial charge >= 0.3 is 5.69 Å². The van der Waals surface area contributed by atoms with E-state index in [1.807, 2.05) is 0 Å². The van der Waals surface area contributed by atoms with E-state index in [1.165, 1.54) is 21.4 Å². The van der Waals surface area contributed by atoms with Crippen molar-refractivity contribution < 1.29 is 0 Å². The van der Waals surface area contributed by atoms with Crippen LogP contribution in [0.15, 0.2) is 40.2 Å². The van der Waals surface area contributed by atoms with Crippen LogP contribution in [0.25, 0.3) is 0 Å². The maximum Gasteiger partial charge on any atom is 0.331 e. The van der Waals surface area contributed by atoms with E-state index in [4.69, 9.17) is 0 Å². The van der Waals surface area contributed by atoms with E-state index >= 15 is 0 Å². The van der Waals surface area contributed by atoms with Crippen LogP contribution in [-0.4, -0.2) is 21.2 Å². The average Bonchev–Trinajstić information content (AvgIpc) is 2.39. The van der Waals surface area contributed by atoms with Crippen molar-refractivity contribution in [1.29, 1.82) is 0 Å². The number of aryl methyl sites for hydroxylation is 1. The minimum absolute atomic E-state index is 0.240. The van der Waals surface area contributed by atoms with Crippen LogP contribution < -0.4 is 16.6 Å². The van der Waals surface area contributed by atoms with Crippen molar-refractivity contribution in [2.24, 2.45) is 7.05 Å². The molecule has 0 bridgehead atoms. The molecule has 2 heterocycles. The Hall–Kier alpha value is -2.37. The summed E-state index contributed by atoms with van der Waals surface area (Å²) < 4.78 is 2.57. The van der Waals surface area contributed by atoms with Crippen LogP contribution in [-0.2, 0) is 13.6 Å². The minimum Gasteiger partial charge on any atom is -0.373 e. The molecule has 18 heavy (non-hydrogen) atoms. The molecular weight excluding hydrogens is 232 g/mol. The van der Waals surface area contributed by atoms with Crippen LogP contribution in [0, 0.1) is 0 Å². The molecule has 6 nitrogen and oxygen atoms in total. The summed E-state index contributed by atoms with van der Waals surface area (Å²) in [5, 5.41) is 2.91. The molecule has 0 saturated carbocycles. The van der Waals surface area contributed by atoms with Crippen LogP contribution in [0.2, 0.25) is 0 Å². The minimum atomic E-state index is -0.328. The van der Waals surface area contributed by atoms with E-state index in [0.29, 0.717) is 5.82 Å². The number of pyridine rings is 1. The van der Waals surface area contributed by atoms with E-state index in [-0.39, 0.29) is 17.8 Å². The van der Waals surface area contributed by atoms with Gasteiger partial charge in [0.25, 0.3) is 5.56 Å². The van der Waals surface area contributed by atoms with Crippen molar-refractivity contribution in [1.82, 2.24) is 14.1 Å². The lowest BCUT2D eigenvalue weighted by molar-refractivity contribution is 0.639. The summed E-state index contributed by atoms with van der Waals surface area (Å²) in [6.07, 6.45) is 3.10. The maximum atomic E-state index is 11.8. The molecule has 0 aromatic carbocycles. The third kappa shape index (κ3) is 2.32. The quantitative estimate of drug-likeness (QED) is 0.829. The SMILES string of the molecule is CNc1cc(Cn2c(=O)ccn(C)c2=O)ccn1. The first-order valence-corrected chi connectivity index (χ1v) is 5.51. The van der Waals surface area contributed by atoms with E-state index in [1.54, 1.807) is 32.4 Å². The predicted molar refractivity (Wildman–Crippen MR) is 68.8 cm³/mol. The summed E-state index contributed by atoms with van der Waals surface area (Å²) in [5.41, 5.74) is 0.214. The predicted octanol–water partition coefficient (Wildman–Crippen LogP) is 0.0320. The van der Waals surface area contributed by atoms with Gasteiger partial charge in [-0.1, -0.05) is 0 Å².